The summed E-state index contributed by atoms with van der Waals surface area (Å²) in [5.41, 5.74) is 3.14. The highest BCUT2D eigenvalue weighted by molar-refractivity contribution is 5.57. The molecule has 5 nitrogen and oxygen atoms in total. The number of hydrogen-bond acceptors (Lipinski definition) is 5. The third kappa shape index (κ3) is 3.81. The van der Waals surface area contributed by atoms with Crippen LogP contribution in [0.15, 0.2) is 47.3 Å². The SMILES string of the molecule is C=C(C)CN1CCN(Cc2cc(-c3ccncc3)no2)CC1. The van der Waals surface area contributed by atoms with Gasteiger partial charge in [0.2, 0.25) is 0 Å². The molecule has 1 saturated heterocycles. The summed E-state index contributed by atoms with van der Waals surface area (Å²) in [4.78, 5) is 8.88. The number of nitrogens with zero attached hydrogens (tertiary/aromatic N) is 4. The first-order valence-corrected chi connectivity index (χ1v) is 7.66. The van der Waals surface area contributed by atoms with Gasteiger partial charge in [-0.3, -0.25) is 14.8 Å². The molecule has 0 spiro atoms. The van der Waals surface area contributed by atoms with E-state index in [0.29, 0.717) is 0 Å². The molecule has 1 fully saturated rings. The van der Waals surface area contributed by atoms with E-state index >= 15 is 0 Å². The van der Waals surface area contributed by atoms with Crippen LogP contribution in [0.1, 0.15) is 12.7 Å². The van der Waals surface area contributed by atoms with Gasteiger partial charge in [-0.1, -0.05) is 17.3 Å². The molecule has 0 N–H and O–H groups in total. The maximum atomic E-state index is 5.47. The van der Waals surface area contributed by atoms with Crippen molar-refractivity contribution in [1.82, 2.24) is 19.9 Å². The fourth-order valence-corrected chi connectivity index (χ4v) is 2.75. The van der Waals surface area contributed by atoms with Gasteiger partial charge >= 0.3 is 0 Å². The molecule has 0 saturated carbocycles. The van der Waals surface area contributed by atoms with E-state index < -0.39 is 0 Å². The Morgan fingerprint density at radius 1 is 1.18 bits per heavy atom. The molecular weight excluding hydrogens is 276 g/mol. The van der Waals surface area contributed by atoms with Gasteiger partial charge in [0, 0.05) is 56.7 Å². The average Bonchev–Trinajstić information content (AvgIpc) is 2.98. The zero-order chi connectivity index (χ0) is 15.4. The fraction of sp³-hybridized carbons (Fsp3) is 0.412. The van der Waals surface area contributed by atoms with Crippen molar-refractivity contribution in [2.75, 3.05) is 32.7 Å². The second-order valence-corrected chi connectivity index (χ2v) is 5.92. The molecule has 1 aliphatic heterocycles. The molecule has 0 bridgehead atoms. The van der Waals surface area contributed by atoms with E-state index in [4.69, 9.17) is 4.52 Å². The largest absolute Gasteiger partial charge is 0.359 e. The van der Waals surface area contributed by atoms with Crippen LogP contribution in [-0.2, 0) is 6.54 Å². The standard InChI is InChI=1S/C17H22N4O/c1-14(2)12-20-7-9-21(10-8-20)13-16-11-17(19-22-16)15-3-5-18-6-4-15/h3-6,11H,1,7-10,12-13H2,2H3. The van der Waals surface area contributed by atoms with E-state index in [2.05, 4.69) is 33.4 Å². The van der Waals surface area contributed by atoms with Gasteiger partial charge < -0.3 is 4.52 Å². The molecule has 0 atom stereocenters. The summed E-state index contributed by atoms with van der Waals surface area (Å²) >= 11 is 0. The molecule has 2 aromatic heterocycles. The Kier molecular flexibility index (Phi) is 4.65. The van der Waals surface area contributed by atoms with Crippen molar-refractivity contribution >= 4 is 0 Å². The van der Waals surface area contributed by atoms with Gasteiger partial charge in [0.1, 0.15) is 5.69 Å². The van der Waals surface area contributed by atoms with Crippen molar-refractivity contribution in [1.29, 1.82) is 0 Å². The molecule has 1 aliphatic rings. The maximum absolute atomic E-state index is 5.47. The normalized spacial score (nSPS) is 16.8. The first-order valence-electron chi connectivity index (χ1n) is 7.66. The van der Waals surface area contributed by atoms with Gasteiger partial charge in [0.15, 0.2) is 5.76 Å². The monoisotopic (exact) mass is 298 g/mol. The van der Waals surface area contributed by atoms with Crippen LogP contribution >= 0.6 is 0 Å². The van der Waals surface area contributed by atoms with E-state index in [9.17, 15) is 0 Å². The molecule has 0 amide bonds. The lowest BCUT2D eigenvalue weighted by molar-refractivity contribution is 0.125. The van der Waals surface area contributed by atoms with E-state index in [0.717, 1.165) is 56.3 Å². The highest BCUT2D eigenvalue weighted by Crippen LogP contribution is 2.19. The van der Waals surface area contributed by atoms with Crippen LogP contribution in [0.2, 0.25) is 0 Å². The Hall–Kier alpha value is -1.98. The van der Waals surface area contributed by atoms with Crippen molar-refractivity contribution in [3.8, 4) is 11.3 Å². The molecule has 0 radical (unpaired) electrons. The van der Waals surface area contributed by atoms with E-state index in [1.54, 1.807) is 12.4 Å². The first-order chi connectivity index (χ1) is 10.7. The van der Waals surface area contributed by atoms with Crippen LogP contribution in [0.3, 0.4) is 0 Å². The minimum absolute atomic E-state index is 0.818. The average molecular weight is 298 g/mol. The van der Waals surface area contributed by atoms with Crippen LogP contribution < -0.4 is 0 Å². The molecule has 0 unspecified atom stereocenters. The third-order valence-electron chi connectivity index (χ3n) is 3.87. The molecular formula is C17H22N4O. The smallest absolute Gasteiger partial charge is 0.151 e. The van der Waals surface area contributed by atoms with Crippen molar-refractivity contribution in [2.24, 2.45) is 0 Å². The first kappa shape index (κ1) is 14.9. The lowest BCUT2D eigenvalue weighted by atomic mass is 10.2. The summed E-state index contributed by atoms with van der Waals surface area (Å²) in [6.45, 7) is 12.2. The van der Waals surface area contributed by atoms with Crippen LogP contribution in [0.25, 0.3) is 11.3 Å². The summed E-state index contributed by atoms with van der Waals surface area (Å²) in [5.74, 6) is 0.917. The van der Waals surface area contributed by atoms with Crippen molar-refractivity contribution < 1.29 is 4.52 Å². The Morgan fingerprint density at radius 2 is 1.86 bits per heavy atom. The van der Waals surface area contributed by atoms with Crippen molar-refractivity contribution in [3.05, 3.63) is 48.5 Å². The maximum Gasteiger partial charge on any atom is 0.151 e. The Balaban J connectivity index is 1.55. The van der Waals surface area contributed by atoms with Crippen molar-refractivity contribution in [2.45, 2.75) is 13.5 Å². The summed E-state index contributed by atoms with van der Waals surface area (Å²) in [7, 11) is 0. The van der Waals surface area contributed by atoms with Gasteiger partial charge in [0.25, 0.3) is 0 Å². The van der Waals surface area contributed by atoms with Crippen LogP contribution in [-0.4, -0.2) is 52.7 Å². The summed E-state index contributed by atoms with van der Waals surface area (Å²) in [6, 6.07) is 5.91. The Morgan fingerprint density at radius 3 is 2.55 bits per heavy atom. The summed E-state index contributed by atoms with van der Waals surface area (Å²) in [5, 5.41) is 4.15. The second kappa shape index (κ2) is 6.85. The third-order valence-corrected chi connectivity index (χ3v) is 3.87. The summed E-state index contributed by atoms with van der Waals surface area (Å²) in [6.07, 6.45) is 3.54. The molecule has 116 valence electrons. The number of rotatable bonds is 5. The highest BCUT2D eigenvalue weighted by Gasteiger charge is 2.18. The quantitative estimate of drug-likeness (QED) is 0.793. The molecule has 2 aromatic rings. The topological polar surface area (TPSA) is 45.4 Å². The van der Waals surface area contributed by atoms with E-state index in [1.807, 2.05) is 18.2 Å². The molecule has 3 heterocycles. The molecule has 0 aliphatic carbocycles. The Bertz CT molecular complexity index is 615. The molecule has 0 aromatic carbocycles. The fourth-order valence-electron chi connectivity index (χ4n) is 2.75. The van der Waals surface area contributed by atoms with E-state index in [1.165, 1.54) is 5.57 Å². The van der Waals surface area contributed by atoms with Gasteiger partial charge in [-0.05, 0) is 19.1 Å². The van der Waals surface area contributed by atoms with Gasteiger partial charge in [-0.2, -0.15) is 0 Å². The van der Waals surface area contributed by atoms with Gasteiger partial charge in [-0.25, -0.2) is 0 Å². The Labute approximate surface area is 131 Å². The zero-order valence-corrected chi connectivity index (χ0v) is 13.0. The second-order valence-electron chi connectivity index (χ2n) is 5.92. The predicted octanol–water partition coefficient (Wildman–Crippen LogP) is 2.43. The van der Waals surface area contributed by atoms with Crippen LogP contribution in [0.4, 0.5) is 0 Å². The number of aromatic nitrogens is 2. The van der Waals surface area contributed by atoms with Crippen LogP contribution in [0.5, 0.6) is 0 Å². The van der Waals surface area contributed by atoms with Crippen LogP contribution in [0, 0.1) is 0 Å². The molecule has 3 rings (SSSR count). The minimum atomic E-state index is 0.818. The van der Waals surface area contributed by atoms with E-state index in [-0.39, 0.29) is 0 Å². The lowest BCUT2D eigenvalue weighted by Crippen LogP contribution is -2.46. The molecule has 5 heteroatoms. The predicted molar refractivity (Wildman–Crippen MR) is 86.3 cm³/mol. The van der Waals surface area contributed by atoms with Gasteiger partial charge in [-0.15, -0.1) is 0 Å². The van der Waals surface area contributed by atoms with Gasteiger partial charge in [0.05, 0.1) is 6.54 Å². The van der Waals surface area contributed by atoms with Crippen molar-refractivity contribution in [3.63, 3.8) is 0 Å². The number of piperazine rings is 1. The zero-order valence-electron chi connectivity index (χ0n) is 13.0. The number of pyridine rings is 1. The molecule has 22 heavy (non-hydrogen) atoms. The number of hydrogen-bond donors (Lipinski definition) is 0. The highest BCUT2D eigenvalue weighted by atomic mass is 16.5. The minimum Gasteiger partial charge on any atom is -0.359 e. The summed E-state index contributed by atoms with van der Waals surface area (Å²) < 4.78 is 5.47. The lowest BCUT2D eigenvalue weighted by Gasteiger charge is -2.34.